The van der Waals surface area contributed by atoms with E-state index in [9.17, 15) is 4.79 Å². The van der Waals surface area contributed by atoms with E-state index in [4.69, 9.17) is 4.74 Å². The van der Waals surface area contributed by atoms with Gasteiger partial charge >= 0.3 is 0 Å². The maximum Gasteiger partial charge on any atom is 0.286 e. The number of hydrogen-bond donors (Lipinski definition) is 0. The zero-order chi connectivity index (χ0) is 19.3. The summed E-state index contributed by atoms with van der Waals surface area (Å²) >= 11 is 1.49. The predicted octanol–water partition coefficient (Wildman–Crippen LogP) is 5.03. The van der Waals surface area contributed by atoms with Gasteiger partial charge in [0.25, 0.3) is 5.91 Å². The van der Waals surface area contributed by atoms with Gasteiger partial charge in [-0.3, -0.25) is 4.79 Å². The molecular formula is C23H24N2O2S. The zero-order valence-corrected chi connectivity index (χ0v) is 16.9. The smallest absolute Gasteiger partial charge is 0.286 e. The molecule has 2 aromatic rings. The van der Waals surface area contributed by atoms with E-state index < -0.39 is 0 Å². The van der Waals surface area contributed by atoms with Gasteiger partial charge in [0.05, 0.1) is 4.91 Å². The number of thioether (sulfide) groups is 1. The minimum Gasteiger partial charge on any atom is -0.489 e. The number of ether oxygens (including phenoxy) is 1. The molecule has 1 amide bonds. The molecule has 144 valence electrons. The molecule has 2 aliphatic rings. The van der Waals surface area contributed by atoms with Crippen molar-refractivity contribution in [3.63, 3.8) is 0 Å². The van der Waals surface area contributed by atoms with Crippen LogP contribution < -0.4 is 4.74 Å². The van der Waals surface area contributed by atoms with Gasteiger partial charge in [-0.25, -0.2) is 0 Å². The van der Waals surface area contributed by atoms with Crippen LogP contribution in [0.2, 0.25) is 0 Å². The second-order valence-corrected chi connectivity index (χ2v) is 8.21. The van der Waals surface area contributed by atoms with Gasteiger partial charge in [-0.05, 0) is 67.3 Å². The number of aliphatic imine (C=N–C) groups is 1. The quantitative estimate of drug-likeness (QED) is 0.685. The summed E-state index contributed by atoms with van der Waals surface area (Å²) in [5.74, 6) is 0.684. The molecule has 0 bridgehead atoms. The van der Waals surface area contributed by atoms with Gasteiger partial charge in [-0.15, -0.1) is 0 Å². The maximum atomic E-state index is 12.3. The summed E-state index contributed by atoms with van der Waals surface area (Å²) in [6.07, 6.45) is 5.54. The van der Waals surface area contributed by atoms with Gasteiger partial charge in [0.15, 0.2) is 5.17 Å². The lowest BCUT2D eigenvalue weighted by Crippen LogP contribution is -2.33. The van der Waals surface area contributed by atoms with E-state index in [1.807, 2.05) is 30.3 Å². The van der Waals surface area contributed by atoms with Crippen molar-refractivity contribution in [3.05, 3.63) is 70.1 Å². The maximum absolute atomic E-state index is 12.3. The molecule has 0 N–H and O–H groups in total. The van der Waals surface area contributed by atoms with Gasteiger partial charge in [0, 0.05) is 13.1 Å². The minimum absolute atomic E-state index is 0.134. The first-order chi connectivity index (χ1) is 13.7. The van der Waals surface area contributed by atoms with Crippen LogP contribution in [0.15, 0.2) is 58.4 Å². The molecule has 2 aliphatic heterocycles. The SMILES string of the molecule is Cc1ccc(COc2ccc(/C=C3\SC(N4CCCCC4)=NC3=O)cc2)cc1. The largest absolute Gasteiger partial charge is 0.489 e. The minimum atomic E-state index is -0.134. The summed E-state index contributed by atoms with van der Waals surface area (Å²) in [6.45, 7) is 4.62. The molecule has 2 aromatic carbocycles. The van der Waals surface area contributed by atoms with Gasteiger partial charge < -0.3 is 9.64 Å². The van der Waals surface area contributed by atoms with Gasteiger partial charge in [-0.1, -0.05) is 42.0 Å². The van der Waals surface area contributed by atoms with Crippen LogP contribution in [0.3, 0.4) is 0 Å². The van der Waals surface area contributed by atoms with E-state index in [1.54, 1.807) is 0 Å². The Hall–Kier alpha value is -2.53. The van der Waals surface area contributed by atoms with Crippen LogP contribution in [0.5, 0.6) is 5.75 Å². The van der Waals surface area contributed by atoms with Crippen LogP contribution in [-0.2, 0) is 11.4 Å². The molecule has 0 atom stereocenters. The summed E-state index contributed by atoms with van der Waals surface area (Å²) in [6, 6.07) is 16.2. The molecule has 5 heteroatoms. The van der Waals surface area contributed by atoms with E-state index in [-0.39, 0.29) is 5.91 Å². The molecule has 0 unspecified atom stereocenters. The zero-order valence-electron chi connectivity index (χ0n) is 16.1. The first kappa shape index (κ1) is 18.8. The highest BCUT2D eigenvalue weighted by Gasteiger charge is 2.26. The summed E-state index contributed by atoms with van der Waals surface area (Å²) in [5.41, 5.74) is 3.37. The van der Waals surface area contributed by atoms with E-state index in [0.717, 1.165) is 35.1 Å². The molecule has 0 aliphatic carbocycles. The molecule has 0 spiro atoms. The number of likely N-dealkylation sites (tertiary alicyclic amines) is 1. The normalized spacial score (nSPS) is 18.5. The lowest BCUT2D eigenvalue weighted by Gasteiger charge is -2.27. The molecule has 0 radical (unpaired) electrons. The number of piperidine rings is 1. The van der Waals surface area contributed by atoms with Crippen molar-refractivity contribution in [1.29, 1.82) is 0 Å². The second-order valence-electron chi connectivity index (χ2n) is 7.20. The Kier molecular flexibility index (Phi) is 5.81. The van der Waals surface area contributed by atoms with E-state index in [2.05, 4.69) is 41.1 Å². The van der Waals surface area contributed by atoms with Crippen molar-refractivity contribution < 1.29 is 9.53 Å². The summed E-state index contributed by atoms with van der Waals surface area (Å²) in [4.78, 5) is 19.4. The van der Waals surface area contributed by atoms with Crippen molar-refractivity contribution in [3.8, 4) is 5.75 Å². The second kappa shape index (κ2) is 8.65. The molecule has 4 nitrogen and oxygen atoms in total. The highest BCUT2D eigenvalue weighted by atomic mass is 32.2. The molecule has 4 rings (SSSR count). The standard InChI is InChI=1S/C23H24N2O2S/c1-17-5-7-19(8-6-17)16-27-20-11-9-18(10-12-20)15-21-22(26)24-23(28-21)25-13-3-2-4-14-25/h5-12,15H,2-4,13-14,16H2,1H3/b21-15-. The summed E-state index contributed by atoms with van der Waals surface area (Å²) < 4.78 is 5.85. The van der Waals surface area contributed by atoms with Crippen LogP contribution in [0.25, 0.3) is 6.08 Å². The topological polar surface area (TPSA) is 41.9 Å². The van der Waals surface area contributed by atoms with E-state index >= 15 is 0 Å². The monoisotopic (exact) mass is 392 g/mol. The van der Waals surface area contributed by atoms with Crippen molar-refractivity contribution in [2.45, 2.75) is 32.8 Å². The lowest BCUT2D eigenvalue weighted by molar-refractivity contribution is -0.113. The molecular weight excluding hydrogens is 368 g/mol. The molecule has 1 saturated heterocycles. The number of hydrogen-bond acceptors (Lipinski definition) is 4. The van der Waals surface area contributed by atoms with Crippen molar-refractivity contribution in [2.75, 3.05) is 13.1 Å². The Morgan fingerprint density at radius 2 is 1.75 bits per heavy atom. The number of amidine groups is 1. The highest BCUT2D eigenvalue weighted by molar-refractivity contribution is 8.18. The average Bonchev–Trinajstić information content (AvgIpc) is 3.10. The number of benzene rings is 2. The number of rotatable bonds is 4. The molecule has 0 aromatic heterocycles. The molecule has 28 heavy (non-hydrogen) atoms. The third-order valence-corrected chi connectivity index (χ3v) is 5.98. The Morgan fingerprint density at radius 1 is 1.04 bits per heavy atom. The van der Waals surface area contributed by atoms with Crippen LogP contribution in [0, 0.1) is 6.92 Å². The summed E-state index contributed by atoms with van der Waals surface area (Å²) in [7, 11) is 0. The van der Waals surface area contributed by atoms with Crippen LogP contribution in [0.4, 0.5) is 0 Å². The van der Waals surface area contributed by atoms with Gasteiger partial charge in [0.2, 0.25) is 0 Å². The van der Waals surface area contributed by atoms with Crippen molar-refractivity contribution in [1.82, 2.24) is 4.90 Å². The van der Waals surface area contributed by atoms with Crippen LogP contribution in [-0.4, -0.2) is 29.1 Å². The third-order valence-electron chi connectivity index (χ3n) is 4.94. The van der Waals surface area contributed by atoms with Crippen molar-refractivity contribution in [2.24, 2.45) is 4.99 Å². The Balaban J connectivity index is 1.36. The van der Waals surface area contributed by atoms with E-state index in [0.29, 0.717) is 11.5 Å². The molecule has 1 fully saturated rings. The fraction of sp³-hybridized carbons (Fsp3) is 0.304. The number of carbonyl (C=O) groups excluding carboxylic acids is 1. The number of amides is 1. The first-order valence-corrected chi connectivity index (χ1v) is 10.5. The number of nitrogens with zero attached hydrogens (tertiary/aromatic N) is 2. The fourth-order valence-corrected chi connectivity index (χ4v) is 4.25. The Morgan fingerprint density at radius 3 is 2.46 bits per heavy atom. The first-order valence-electron chi connectivity index (χ1n) is 9.73. The van der Waals surface area contributed by atoms with Crippen LogP contribution >= 0.6 is 11.8 Å². The molecule has 0 saturated carbocycles. The van der Waals surface area contributed by atoms with Gasteiger partial charge in [0.1, 0.15) is 12.4 Å². The third kappa shape index (κ3) is 4.65. The Bertz CT molecular complexity index is 895. The molecule has 2 heterocycles. The average molecular weight is 393 g/mol. The predicted molar refractivity (Wildman–Crippen MR) is 115 cm³/mol. The highest BCUT2D eigenvalue weighted by Crippen LogP contribution is 2.31. The fourth-order valence-electron chi connectivity index (χ4n) is 3.28. The summed E-state index contributed by atoms with van der Waals surface area (Å²) in [5, 5.41) is 0.856. The number of aryl methyl sites for hydroxylation is 1. The van der Waals surface area contributed by atoms with Crippen molar-refractivity contribution >= 4 is 28.9 Å². The Labute approximate surface area is 170 Å². The lowest BCUT2D eigenvalue weighted by atomic mass is 10.1. The van der Waals surface area contributed by atoms with Crippen LogP contribution in [0.1, 0.15) is 36.0 Å². The van der Waals surface area contributed by atoms with E-state index in [1.165, 1.54) is 36.6 Å². The number of carbonyl (C=O) groups is 1. The van der Waals surface area contributed by atoms with Gasteiger partial charge in [-0.2, -0.15) is 4.99 Å².